The molecule has 0 bridgehead atoms. The summed E-state index contributed by atoms with van der Waals surface area (Å²) in [5.74, 6) is -2.88. The molecule has 164 valence electrons. The van der Waals surface area contributed by atoms with Crippen LogP contribution in [-0.4, -0.2) is 76.1 Å². The highest BCUT2D eigenvalue weighted by atomic mass is 16.4. The molecule has 0 aromatic heterocycles. The Hall–Kier alpha value is -2.98. The van der Waals surface area contributed by atoms with Gasteiger partial charge in [0.1, 0.15) is 24.2 Å². The molecule has 3 amide bonds. The number of carbonyl (C=O) groups is 4. The van der Waals surface area contributed by atoms with Crippen LogP contribution in [0.2, 0.25) is 0 Å². The summed E-state index contributed by atoms with van der Waals surface area (Å²) < 4.78 is 0. The second-order valence-corrected chi connectivity index (χ2v) is 7.30. The van der Waals surface area contributed by atoms with Crippen LogP contribution >= 0.6 is 0 Å². The summed E-state index contributed by atoms with van der Waals surface area (Å²) >= 11 is 0. The van der Waals surface area contributed by atoms with E-state index in [9.17, 15) is 19.2 Å². The zero-order valence-corrected chi connectivity index (χ0v) is 16.8. The van der Waals surface area contributed by atoms with Gasteiger partial charge in [-0.05, 0) is 25.3 Å². The lowest BCUT2D eigenvalue weighted by molar-refractivity contribution is -0.142. The van der Waals surface area contributed by atoms with Crippen molar-refractivity contribution in [1.29, 1.82) is 0 Å². The SMILES string of the molecule is CC(NC(=O)C(Cc1ccccc1)NC(=O)C1CCCN1C(=O)C(N)CO)C(=O)O. The predicted octanol–water partition coefficient (Wildman–Crippen LogP) is -1.39. The Morgan fingerprint density at radius 3 is 2.47 bits per heavy atom. The first-order valence-corrected chi connectivity index (χ1v) is 9.79. The molecule has 0 saturated carbocycles. The molecule has 0 aliphatic carbocycles. The van der Waals surface area contributed by atoms with Gasteiger partial charge in [-0.15, -0.1) is 0 Å². The number of aliphatic hydroxyl groups is 1. The molecule has 1 aliphatic rings. The number of nitrogens with two attached hydrogens (primary N) is 1. The molecule has 4 unspecified atom stereocenters. The van der Waals surface area contributed by atoms with Crippen molar-refractivity contribution in [3.05, 3.63) is 35.9 Å². The summed E-state index contributed by atoms with van der Waals surface area (Å²) in [7, 11) is 0. The van der Waals surface area contributed by atoms with Crippen LogP contribution in [0, 0.1) is 0 Å². The van der Waals surface area contributed by atoms with Crippen LogP contribution in [0.1, 0.15) is 25.3 Å². The number of nitrogens with zero attached hydrogens (tertiary/aromatic N) is 1. The molecule has 30 heavy (non-hydrogen) atoms. The van der Waals surface area contributed by atoms with E-state index in [0.29, 0.717) is 19.4 Å². The standard InChI is InChI=1S/C20H28N4O6/c1-12(20(29)30)22-17(26)15(10-13-6-3-2-4-7-13)23-18(27)16-8-5-9-24(16)19(28)14(21)11-25/h2-4,6-7,12,14-16,25H,5,8-11,21H2,1H3,(H,22,26)(H,23,27)(H,29,30). The number of nitrogens with one attached hydrogen (secondary N) is 2. The molecule has 10 nitrogen and oxygen atoms in total. The maximum atomic E-state index is 12.9. The Morgan fingerprint density at radius 2 is 1.87 bits per heavy atom. The van der Waals surface area contributed by atoms with Gasteiger partial charge < -0.3 is 31.5 Å². The fourth-order valence-electron chi connectivity index (χ4n) is 3.30. The van der Waals surface area contributed by atoms with Crippen molar-refractivity contribution in [3.63, 3.8) is 0 Å². The summed E-state index contributed by atoms with van der Waals surface area (Å²) in [6, 6.07) is 4.91. The summed E-state index contributed by atoms with van der Waals surface area (Å²) in [5, 5.41) is 23.2. The molecule has 1 fully saturated rings. The summed E-state index contributed by atoms with van der Waals surface area (Å²) in [4.78, 5) is 50.3. The molecule has 6 N–H and O–H groups in total. The third kappa shape index (κ3) is 6.01. The number of hydrogen-bond donors (Lipinski definition) is 5. The Bertz CT molecular complexity index is 772. The smallest absolute Gasteiger partial charge is 0.325 e. The first-order valence-electron chi connectivity index (χ1n) is 9.79. The van der Waals surface area contributed by atoms with E-state index in [2.05, 4.69) is 10.6 Å². The summed E-state index contributed by atoms with van der Waals surface area (Å²) in [6.07, 6.45) is 1.15. The zero-order chi connectivity index (χ0) is 22.3. The second kappa shape index (κ2) is 10.7. The number of carbonyl (C=O) groups excluding carboxylic acids is 3. The van der Waals surface area contributed by atoms with Gasteiger partial charge in [0.15, 0.2) is 0 Å². The van der Waals surface area contributed by atoms with Gasteiger partial charge in [0, 0.05) is 13.0 Å². The molecular formula is C20H28N4O6. The lowest BCUT2D eigenvalue weighted by Gasteiger charge is -2.28. The minimum absolute atomic E-state index is 0.154. The lowest BCUT2D eigenvalue weighted by Crippen LogP contribution is -2.57. The monoisotopic (exact) mass is 420 g/mol. The number of aliphatic hydroxyl groups excluding tert-OH is 1. The average Bonchev–Trinajstić information content (AvgIpc) is 3.22. The van der Waals surface area contributed by atoms with Gasteiger partial charge in [-0.2, -0.15) is 0 Å². The average molecular weight is 420 g/mol. The van der Waals surface area contributed by atoms with E-state index in [1.807, 2.05) is 6.07 Å². The number of rotatable bonds is 9. The van der Waals surface area contributed by atoms with Crippen molar-refractivity contribution in [2.45, 2.75) is 50.4 Å². The van der Waals surface area contributed by atoms with E-state index in [1.165, 1.54) is 11.8 Å². The van der Waals surface area contributed by atoms with Crippen LogP contribution in [0.15, 0.2) is 30.3 Å². The van der Waals surface area contributed by atoms with E-state index >= 15 is 0 Å². The largest absolute Gasteiger partial charge is 0.480 e. The Balaban J connectivity index is 2.15. The van der Waals surface area contributed by atoms with Crippen molar-refractivity contribution in [3.8, 4) is 0 Å². The maximum absolute atomic E-state index is 12.9. The van der Waals surface area contributed by atoms with Crippen molar-refractivity contribution in [2.24, 2.45) is 5.73 Å². The lowest BCUT2D eigenvalue weighted by atomic mass is 10.0. The molecule has 1 heterocycles. The van der Waals surface area contributed by atoms with Gasteiger partial charge in [-0.25, -0.2) is 0 Å². The number of carboxylic acid groups (broad SMARTS) is 1. The molecule has 1 aromatic rings. The van der Waals surface area contributed by atoms with Crippen LogP contribution in [0.5, 0.6) is 0 Å². The van der Waals surface area contributed by atoms with Gasteiger partial charge in [0.2, 0.25) is 17.7 Å². The van der Waals surface area contributed by atoms with E-state index in [4.69, 9.17) is 15.9 Å². The molecule has 0 spiro atoms. The Morgan fingerprint density at radius 1 is 1.20 bits per heavy atom. The number of likely N-dealkylation sites (tertiary alicyclic amines) is 1. The number of carboxylic acids is 1. The Labute approximate surface area is 174 Å². The van der Waals surface area contributed by atoms with Crippen LogP contribution in [-0.2, 0) is 25.6 Å². The predicted molar refractivity (Wildman–Crippen MR) is 107 cm³/mol. The molecule has 1 saturated heterocycles. The zero-order valence-electron chi connectivity index (χ0n) is 16.8. The first-order chi connectivity index (χ1) is 14.2. The van der Waals surface area contributed by atoms with Crippen molar-refractivity contribution in [2.75, 3.05) is 13.2 Å². The third-order valence-electron chi connectivity index (χ3n) is 5.00. The first kappa shape index (κ1) is 23.3. The molecule has 0 radical (unpaired) electrons. The second-order valence-electron chi connectivity index (χ2n) is 7.30. The number of hydrogen-bond acceptors (Lipinski definition) is 6. The van der Waals surface area contributed by atoms with Crippen molar-refractivity contribution >= 4 is 23.7 Å². The van der Waals surface area contributed by atoms with E-state index in [1.54, 1.807) is 24.3 Å². The third-order valence-corrected chi connectivity index (χ3v) is 5.00. The number of benzene rings is 1. The molecular weight excluding hydrogens is 392 g/mol. The molecule has 2 rings (SSSR count). The number of amides is 3. The van der Waals surface area contributed by atoms with Crippen LogP contribution in [0.4, 0.5) is 0 Å². The van der Waals surface area contributed by atoms with Gasteiger partial charge in [0.05, 0.1) is 6.61 Å². The number of aliphatic carboxylic acids is 1. The minimum Gasteiger partial charge on any atom is -0.480 e. The molecule has 1 aromatic carbocycles. The highest BCUT2D eigenvalue weighted by Crippen LogP contribution is 2.19. The molecule has 4 atom stereocenters. The van der Waals surface area contributed by atoms with E-state index < -0.39 is 54.5 Å². The highest BCUT2D eigenvalue weighted by molar-refractivity contribution is 5.94. The van der Waals surface area contributed by atoms with Crippen LogP contribution in [0.3, 0.4) is 0 Å². The van der Waals surface area contributed by atoms with Gasteiger partial charge >= 0.3 is 5.97 Å². The Kier molecular flexibility index (Phi) is 8.31. The summed E-state index contributed by atoms with van der Waals surface area (Å²) in [5.41, 5.74) is 6.38. The highest BCUT2D eigenvalue weighted by Gasteiger charge is 2.37. The van der Waals surface area contributed by atoms with Gasteiger partial charge in [-0.1, -0.05) is 30.3 Å². The van der Waals surface area contributed by atoms with E-state index in [0.717, 1.165) is 5.56 Å². The maximum Gasteiger partial charge on any atom is 0.325 e. The molecule has 1 aliphatic heterocycles. The quantitative estimate of drug-likeness (QED) is 0.329. The van der Waals surface area contributed by atoms with Crippen LogP contribution < -0.4 is 16.4 Å². The van der Waals surface area contributed by atoms with Gasteiger partial charge in [-0.3, -0.25) is 19.2 Å². The molecule has 10 heteroatoms. The van der Waals surface area contributed by atoms with Crippen LogP contribution in [0.25, 0.3) is 0 Å². The minimum atomic E-state index is -1.20. The van der Waals surface area contributed by atoms with E-state index in [-0.39, 0.29) is 6.42 Å². The fourth-order valence-corrected chi connectivity index (χ4v) is 3.30. The topological polar surface area (TPSA) is 162 Å². The van der Waals surface area contributed by atoms with Gasteiger partial charge in [0.25, 0.3) is 0 Å². The summed E-state index contributed by atoms with van der Waals surface area (Å²) in [6.45, 7) is 1.13. The normalized spacial score (nSPS) is 18.9. The fraction of sp³-hybridized carbons (Fsp3) is 0.500. The van der Waals surface area contributed by atoms with Crippen molar-refractivity contribution in [1.82, 2.24) is 15.5 Å². The van der Waals surface area contributed by atoms with Crippen molar-refractivity contribution < 1.29 is 29.4 Å².